The van der Waals surface area contributed by atoms with Crippen LogP contribution in [-0.2, 0) is 0 Å². The van der Waals surface area contributed by atoms with Crippen molar-refractivity contribution in [3.05, 3.63) is 55.9 Å². The number of hydrogen-bond donors (Lipinski definition) is 1. The van der Waals surface area contributed by atoms with Gasteiger partial charge in [0.05, 0.1) is 11.1 Å². The van der Waals surface area contributed by atoms with E-state index in [9.17, 15) is 4.39 Å². The lowest BCUT2D eigenvalue weighted by Gasteiger charge is -2.35. The molecule has 1 fully saturated rings. The van der Waals surface area contributed by atoms with Crippen molar-refractivity contribution in [2.45, 2.75) is 6.04 Å². The van der Waals surface area contributed by atoms with Crippen LogP contribution in [0, 0.1) is 5.82 Å². The normalized spacial score (nSPS) is 17.9. The molecular weight excluding hydrogens is 330 g/mol. The molecule has 1 aliphatic rings. The van der Waals surface area contributed by atoms with E-state index in [0.29, 0.717) is 10.6 Å². The van der Waals surface area contributed by atoms with Gasteiger partial charge in [0.15, 0.2) is 0 Å². The zero-order valence-corrected chi connectivity index (χ0v) is 13.6. The van der Waals surface area contributed by atoms with Crippen molar-refractivity contribution in [3.63, 3.8) is 0 Å². The molecule has 6 heteroatoms. The van der Waals surface area contributed by atoms with Crippen LogP contribution in [0.25, 0.3) is 0 Å². The van der Waals surface area contributed by atoms with Crippen molar-refractivity contribution in [1.29, 1.82) is 0 Å². The van der Waals surface area contributed by atoms with Gasteiger partial charge in [0.2, 0.25) is 0 Å². The highest BCUT2D eigenvalue weighted by molar-refractivity contribution is 7.10. The minimum absolute atomic E-state index is 0.117. The molecule has 1 aromatic heterocycles. The summed E-state index contributed by atoms with van der Waals surface area (Å²) in [6, 6.07) is 7.00. The molecule has 0 saturated carbocycles. The number of thiophene rings is 1. The van der Waals surface area contributed by atoms with E-state index in [-0.39, 0.29) is 11.1 Å². The number of rotatable bonds is 3. The lowest BCUT2D eigenvalue weighted by atomic mass is 10.0. The molecule has 2 nitrogen and oxygen atoms in total. The zero-order chi connectivity index (χ0) is 14.8. The first kappa shape index (κ1) is 15.3. The van der Waals surface area contributed by atoms with E-state index >= 15 is 0 Å². The highest BCUT2D eigenvalue weighted by Crippen LogP contribution is 2.39. The molecule has 1 aromatic carbocycles. The molecule has 1 saturated heterocycles. The first-order chi connectivity index (χ1) is 10.2. The second-order valence-electron chi connectivity index (χ2n) is 4.96. The summed E-state index contributed by atoms with van der Waals surface area (Å²) in [4.78, 5) is 3.34. The van der Waals surface area contributed by atoms with Crippen LogP contribution < -0.4 is 5.32 Å². The molecule has 0 aliphatic carbocycles. The van der Waals surface area contributed by atoms with Crippen LogP contribution in [0.4, 0.5) is 4.39 Å². The van der Waals surface area contributed by atoms with Gasteiger partial charge in [-0.2, -0.15) is 0 Å². The van der Waals surface area contributed by atoms with Gasteiger partial charge in [-0.15, -0.1) is 11.3 Å². The average Bonchev–Trinajstić information content (AvgIpc) is 3.02. The summed E-state index contributed by atoms with van der Waals surface area (Å²) < 4.78 is 14.6. The Bertz CT molecular complexity index is 612. The maximum absolute atomic E-state index is 14.6. The van der Waals surface area contributed by atoms with Gasteiger partial charge < -0.3 is 5.32 Å². The highest BCUT2D eigenvalue weighted by Gasteiger charge is 2.29. The van der Waals surface area contributed by atoms with Gasteiger partial charge in [-0.25, -0.2) is 4.39 Å². The predicted molar refractivity (Wildman–Crippen MR) is 87.0 cm³/mol. The molecule has 2 aromatic rings. The number of hydrogen-bond acceptors (Lipinski definition) is 3. The summed E-state index contributed by atoms with van der Waals surface area (Å²) >= 11 is 13.9. The molecular formula is C15H15Cl2FN2S. The Balaban J connectivity index is 2.09. The standard InChI is InChI=1S/C15H15Cl2FN2S/c16-10-3-4-11(17)14(18)13(10)15(12-2-1-9-21-12)20-7-5-19-6-8-20/h1-4,9,15,19H,5-8H2/t15-/m1/s1. The highest BCUT2D eigenvalue weighted by atomic mass is 35.5. The number of nitrogens with one attached hydrogen (secondary N) is 1. The number of benzene rings is 1. The fraction of sp³-hybridized carbons (Fsp3) is 0.333. The van der Waals surface area contributed by atoms with Crippen LogP contribution in [0.1, 0.15) is 16.5 Å². The maximum atomic E-state index is 14.6. The second kappa shape index (κ2) is 6.63. The van der Waals surface area contributed by atoms with E-state index in [1.54, 1.807) is 17.4 Å². The van der Waals surface area contributed by atoms with Crippen molar-refractivity contribution in [2.75, 3.05) is 26.2 Å². The van der Waals surface area contributed by atoms with Crippen LogP contribution in [0.3, 0.4) is 0 Å². The van der Waals surface area contributed by atoms with Gasteiger partial charge in [-0.1, -0.05) is 29.3 Å². The van der Waals surface area contributed by atoms with Crippen molar-refractivity contribution in [1.82, 2.24) is 10.2 Å². The van der Waals surface area contributed by atoms with E-state index in [4.69, 9.17) is 23.2 Å². The summed E-state index contributed by atoms with van der Waals surface area (Å²) in [6.07, 6.45) is 0. The van der Waals surface area contributed by atoms with E-state index in [0.717, 1.165) is 31.1 Å². The van der Waals surface area contributed by atoms with Crippen molar-refractivity contribution < 1.29 is 4.39 Å². The third-order valence-electron chi connectivity index (χ3n) is 3.68. The Hall–Kier alpha value is -0.650. The summed E-state index contributed by atoms with van der Waals surface area (Å²) in [6.45, 7) is 3.49. The zero-order valence-electron chi connectivity index (χ0n) is 11.3. The number of halogens is 3. The predicted octanol–water partition coefficient (Wildman–Crippen LogP) is 4.19. The van der Waals surface area contributed by atoms with Gasteiger partial charge in [-0.3, -0.25) is 4.90 Å². The molecule has 2 heterocycles. The number of piperazine rings is 1. The van der Waals surface area contributed by atoms with Crippen LogP contribution in [0.2, 0.25) is 10.0 Å². The SMILES string of the molecule is Fc1c(Cl)ccc(Cl)c1[C@@H](c1cccs1)N1CCNCC1. The summed E-state index contributed by atoms with van der Waals surface area (Å²) in [5.41, 5.74) is 0.480. The van der Waals surface area contributed by atoms with Gasteiger partial charge in [-0.05, 0) is 23.6 Å². The van der Waals surface area contributed by atoms with Crippen molar-refractivity contribution in [3.8, 4) is 0 Å². The molecule has 3 rings (SSSR count). The van der Waals surface area contributed by atoms with Crippen LogP contribution >= 0.6 is 34.5 Å². The molecule has 0 radical (unpaired) electrons. The Morgan fingerprint density at radius 1 is 1.14 bits per heavy atom. The quantitative estimate of drug-likeness (QED) is 0.840. The van der Waals surface area contributed by atoms with Gasteiger partial charge in [0, 0.05) is 41.6 Å². The third-order valence-corrected chi connectivity index (χ3v) is 5.23. The van der Waals surface area contributed by atoms with Crippen LogP contribution in [-0.4, -0.2) is 31.1 Å². The smallest absolute Gasteiger partial charge is 0.148 e. The maximum Gasteiger partial charge on any atom is 0.148 e. The Labute approximate surface area is 137 Å². The van der Waals surface area contributed by atoms with Crippen molar-refractivity contribution >= 4 is 34.5 Å². The van der Waals surface area contributed by atoms with E-state index in [1.807, 2.05) is 17.5 Å². The first-order valence-corrected chi connectivity index (χ1v) is 8.43. The van der Waals surface area contributed by atoms with Crippen LogP contribution in [0.15, 0.2) is 29.6 Å². The van der Waals surface area contributed by atoms with Gasteiger partial charge in [0.25, 0.3) is 0 Å². The lowest BCUT2D eigenvalue weighted by molar-refractivity contribution is 0.197. The third kappa shape index (κ3) is 3.10. The number of nitrogens with zero attached hydrogens (tertiary/aromatic N) is 1. The Morgan fingerprint density at radius 3 is 2.52 bits per heavy atom. The molecule has 1 atom stereocenters. The topological polar surface area (TPSA) is 15.3 Å². The Morgan fingerprint density at radius 2 is 1.86 bits per heavy atom. The molecule has 0 spiro atoms. The Kier molecular flexibility index (Phi) is 4.82. The fourth-order valence-electron chi connectivity index (χ4n) is 2.69. The summed E-state index contributed by atoms with van der Waals surface area (Å²) in [7, 11) is 0. The summed E-state index contributed by atoms with van der Waals surface area (Å²) in [5, 5.41) is 5.86. The monoisotopic (exact) mass is 344 g/mol. The second-order valence-corrected chi connectivity index (χ2v) is 6.75. The van der Waals surface area contributed by atoms with E-state index in [1.165, 1.54) is 6.07 Å². The molecule has 0 amide bonds. The minimum Gasteiger partial charge on any atom is -0.314 e. The van der Waals surface area contributed by atoms with Crippen LogP contribution in [0.5, 0.6) is 0 Å². The molecule has 0 unspecified atom stereocenters. The van der Waals surface area contributed by atoms with Gasteiger partial charge in [0.1, 0.15) is 5.82 Å². The minimum atomic E-state index is -0.416. The molecule has 0 bridgehead atoms. The molecule has 21 heavy (non-hydrogen) atoms. The largest absolute Gasteiger partial charge is 0.314 e. The fourth-order valence-corrected chi connectivity index (χ4v) is 3.97. The van der Waals surface area contributed by atoms with E-state index < -0.39 is 5.82 Å². The lowest BCUT2D eigenvalue weighted by Crippen LogP contribution is -2.45. The van der Waals surface area contributed by atoms with E-state index in [2.05, 4.69) is 10.2 Å². The van der Waals surface area contributed by atoms with Crippen molar-refractivity contribution in [2.24, 2.45) is 0 Å². The molecule has 1 N–H and O–H groups in total. The van der Waals surface area contributed by atoms with Gasteiger partial charge >= 0.3 is 0 Å². The first-order valence-electron chi connectivity index (χ1n) is 6.80. The average molecular weight is 345 g/mol. The molecule has 112 valence electrons. The molecule has 1 aliphatic heterocycles. The summed E-state index contributed by atoms with van der Waals surface area (Å²) in [5.74, 6) is -0.416.